The summed E-state index contributed by atoms with van der Waals surface area (Å²) in [7, 11) is 0. The monoisotopic (exact) mass is 268 g/mol. The Kier molecular flexibility index (Phi) is 4.80. The molecule has 1 fully saturated rings. The van der Waals surface area contributed by atoms with Crippen LogP contribution in [-0.4, -0.2) is 17.2 Å². The summed E-state index contributed by atoms with van der Waals surface area (Å²) in [6.07, 6.45) is 6.25. The maximum Gasteiger partial charge on any atom is 0.166 e. The number of hydrogen-bond acceptors (Lipinski definition) is 2. The Bertz CT molecular complexity index is 342. The fourth-order valence-corrected chi connectivity index (χ4v) is 3.51. The minimum atomic E-state index is 0.398. The molecule has 0 saturated heterocycles. The third-order valence-electron chi connectivity index (χ3n) is 3.16. The first-order valence-corrected chi connectivity index (χ1v) is 7.62. The lowest BCUT2D eigenvalue weighted by Gasteiger charge is -2.19. The number of hydrogen-bond donors (Lipinski definition) is 2. The van der Waals surface area contributed by atoms with Crippen LogP contribution in [0.1, 0.15) is 37.5 Å². The van der Waals surface area contributed by atoms with E-state index in [9.17, 15) is 0 Å². The number of thiophene rings is 1. The zero-order valence-corrected chi connectivity index (χ0v) is 11.9. The van der Waals surface area contributed by atoms with Gasteiger partial charge >= 0.3 is 0 Å². The van der Waals surface area contributed by atoms with Gasteiger partial charge in [0.05, 0.1) is 0 Å². The highest BCUT2D eigenvalue weighted by Gasteiger charge is 2.16. The lowest BCUT2D eigenvalue weighted by Crippen LogP contribution is -2.44. The minimum absolute atomic E-state index is 0.398. The summed E-state index contributed by atoms with van der Waals surface area (Å²) in [4.78, 5) is 1.41. The number of thiocarbonyl (C=S) groups is 1. The smallest absolute Gasteiger partial charge is 0.166 e. The Labute approximate surface area is 113 Å². The average molecular weight is 268 g/mol. The maximum absolute atomic E-state index is 5.34. The molecule has 1 heterocycles. The molecule has 0 aliphatic heterocycles. The molecular weight excluding hydrogens is 248 g/mol. The third-order valence-corrected chi connectivity index (χ3v) is 4.29. The molecule has 1 aliphatic carbocycles. The van der Waals surface area contributed by atoms with Crippen LogP contribution >= 0.6 is 23.6 Å². The van der Waals surface area contributed by atoms with Gasteiger partial charge in [0.1, 0.15) is 0 Å². The van der Waals surface area contributed by atoms with Crippen molar-refractivity contribution in [2.45, 2.75) is 51.1 Å². The summed E-state index contributed by atoms with van der Waals surface area (Å²) in [5, 5.41) is 9.73. The van der Waals surface area contributed by atoms with Gasteiger partial charge in [0.2, 0.25) is 0 Å². The van der Waals surface area contributed by atoms with Gasteiger partial charge in [-0.15, -0.1) is 11.3 Å². The summed E-state index contributed by atoms with van der Waals surface area (Å²) in [5.74, 6) is 0. The van der Waals surface area contributed by atoms with Crippen LogP contribution in [0.5, 0.6) is 0 Å². The zero-order chi connectivity index (χ0) is 12.1. The second kappa shape index (κ2) is 6.36. The van der Waals surface area contributed by atoms with Gasteiger partial charge in [-0.1, -0.05) is 18.9 Å². The molecule has 0 amide bonds. The van der Waals surface area contributed by atoms with Gasteiger partial charge in [-0.2, -0.15) is 0 Å². The SMILES string of the molecule is CC(Cc1cccs1)NC(=S)NC1CCCC1. The standard InChI is InChI=1S/C13H20N2S2/c1-10(9-12-7-4-8-17-12)14-13(16)15-11-5-2-3-6-11/h4,7-8,10-11H,2-3,5-6,9H2,1H3,(H2,14,15,16). The van der Waals surface area contributed by atoms with Crippen molar-refractivity contribution in [2.75, 3.05) is 0 Å². The zero-order valence-electron chi connectivity index (χ0n) is 10.2. The molecule has 2 rings (SSSR count). The van der Waals surface area contributed by atoms with Crippen molar-refractivity contribution in [1.82, 2.24) is 10.6 Å². The summed E-state index contributed by atoms with van der Waals surface area (Å²) in [5.41, 5.74) is 0. The van der Waals surface area contributed by atoms with E-state index in [1.807, 2.05) is 11.3 Å². The van der Waals surface area contributed by atoms with Gasteiger partial charge in [0.15, 0.2) is 5.11 Å². The molecule has 2 nitrogen and oxygen atoms in total. The average Bonchev–Trinajstić information content (AvgIpc) is 2.90. The van der Waals surface area contributed by atoms with Crippen LogP contribution in [0.25, 0.3) is 0 Å². The third kappa shape index (κ3) is 4.28. The van der Waals surface area contributed by atoms with Crippen molar-refractivity contribution < 1.29 is 0 Å². The molecule has 1 aromatic rings. The van der Waals surface area contributed by atoms with Gasteiger partial charge < -0.3 is 10.6 Å². The van der Waals surface area contributed by atoms with Crippen LogP contribution in [-0.2, 0) is 6.42 Å². The molecule has 0 radical (unpaired) electrons. The Morgan fingerprint density at radius 3 is 2.94 bits per heavy atom. The first-order chi connectivity index (χ1) is 8.24. The van der Waals surface area contributed by atoms with Gasteiger partial charge in [-0.25, -0.2) is 0 Å². The van der Waals surface area contributed by atoms with E-state index in [1.54, 1.807) is 0 Å². The van der Waals surface area contributed by atoms with Crippen LogP contribution in [0.3, 0.4) is 0 Å². The van der Waals surface area contributed by atoms with Crippen molar-refractivity contribution in [1.29, 1.82) is 0 Å². The van der Waals surface area contributed by atoms with Crippen LogP contribution in [0.15, 0.2) is 17.5 Å². The highest BCUT2D eigenvalue weighted by Crippen LogP contribution is 2.17. The van der Waals surface area contributed by atoms with Crippen molar-refractivity contribution >= 4 is 28.7 Å². The molecule has 0 aromatic carbocycles. The second-order valence-electron chi connectivity index (χ2n) is 4.78. The number of nitrogens with one attached hydrogen (secondary N) is 2. The molecule has 0 bridgehead atoms. The van der Waals surface area contributed by atoms with Crippen LogP contribution in [0, 0.1) is 0 Å². The van der Waals surface area contributed by atoms with Crippen LogP contribution in [0.2, 0.25) is 0 Å². The van der Waals surface area contributed by atoms with Crippen LogP contribution in [0.4, 0.5) is 0 Å². The van der Waals surface area contributed by atoms with E-state index in [0.717, 1.165) is 11.5 Å². The lowest BCUT2D eigenvalue weighted by atomic mass is 10.2. The lowest BCUT2D eigenvalue weighted by molar-refractivity contribution is 0.596. The summed E-state index contributed by atoms with van der Waals surface area (Å²) in [6, 6.07) is 5.27. The molecule has 1 atom stereocenters. The highest BCUT2D eigenvalue weighted by atomic mass is 32.1. The van der Waals surface area contributed by atoms with E-state index in [4.69, 9.17) is 12.2 Å². The Morgan fingerprint density at radius 1 is 1.53 bits per heavy atom. The molecule has 0 spiro atoms. The van der Waals surface area contributed by atoms with Crippen molar-refractivity contribution in [3.8, 4) is 0 Å². The van der Waals surface area contributed by atoms with E-state index < -0.39 is 0 Å². The van der Waals surface area contributed by atoms with Gasteiger partial charge in [0.25, 0.3) is 0 Å². The van der Waals surface area contributed by atoms with E-state index in [0.29, 0.717) is 12.1 Å². The molecular formula is C13H20N2S2. The second-order valence-corrected chi connectivity index (χ2v) is 6.22. The number of rotatable bonds is 4. The van der Waals surface area contributed by atoms with Gasteiger partial charge in [0, 0.05) is 23.4 Å². The van der Waals surface area contributed by atoms with E-state index >= 15 is 0 Å². The molecule has 1 aliphatic rings. The first-order valence-electron chi connectivity index (χ1n) is 6.33. The predicted octanol–water partition coefficient (Wildman–Crippen LogP) is 3.09. The fourth-order valence-electron chi connectivity index (χ4n) is 2.30. The molecule has 94 valence electrons. The quantitative estimate of drug-likeness (QED) is 0.821. The fraction of sp³-hybridized carbons (Fsp3) is 0.615. The van der Waals surface area contributed by atoms with Crippen molar-refractivity contribution in [3.63, 3.8) is 0 Å². The van der Waals surface area contributed by atoms with Crippen molar-refractivity contribution in [3.05, 3.63) is 22.4 Å². The largest absolute Gasteiger partial charge is 0.360 e. The molecule has 4 heteroatoms. The van der Waals surface area contributed by atoms with Crippen LogP contribution < -0.4 is 10.6 Å². The summed E-state index contributed by atoms with van der Waals surface area (Å²) in [6.45, 7) is 2.18. The molecule has 1 aromatic heterocycles. The maximum atomic E-state index is 5.34. The molecule has 1 saturated carbocycles. The minimum Gasteiger partial charge on any atom is -0.360 e. The Balaban J connectivity index is 1.70. The van der Waals surface area contributed by atoms with E-state index in [2.05, 4.69) is 35.1 Å². The van der Waals surface area contributed by atoms with Crippen molar-refractivity contribution in [2.24, 2.45) is 0 Å². The van der Waals surface area contributed by atoms with E-state index in [1.165, 1.54) is 30.6 Å². The summed E-state index contributed by atoms with van der Waals surface area (Å²) >= 11 is 7.15. The Hall–Kier alpha value is -0.610. The summed E-state index contributed by atoms with van der Waals surface area (Å²) < 4.78 is 0. The van der Waals surface area contributed by atoms with Gasteiger partial charge in [-0.05, 0) is 43.4 Å². The predicted molar refractivity (Wildman–Crippen MR) is 78.6 cm³/mol. The highest BCUT2D eigenvalue weighted by molar-refractivity contribution is 7.80. The van der Waals surface area contributed by atoms with Gasteiger partial charge in [-0.3, -0.25) is 0 Å². The molecule has 17 heavy (non-hydrogen) atoms. The first kappa shape index (κ1) is 12.8. The van der Waals surface area contributed by atoms with E-state index in [-0.39, 0.29) is 0 Å². The topological polar surface area (TPSA) is 24.1 Å². The normalized spacial score (nSPS) is 17.9. The Morgan fingerprint density at radius 2 is 2.29 bits per heavy atom. The molecule has 2 N–H and O–H groups in total. The molecule has 1 unspecified atom stereocenters.